The summed E-state index contributed by atoms with van der Waals surface area (Å²) in [5, 5.41) is 0.737. The van der Waals surface area contributed by atoms with Crippen molar-refractivity contribution >= 4 is 35.0 Å². The Kier molecular flexibility index (Phi) is 5.97. The van der Waals surface area contributed by atoms with Gasteiger partial charge in [0.1, 0.15) is 11.7 Å². The zero-order chi connectivity index (χ0) is 19.5. The number of pyridine rings is 1. The fourth-order valence-corrected chi connectivity index (χ4v) is 4.92. The van der Waals surface area contributed by atoms with Crippen LogP contribution < -0.4 is 9.64 Å². The maximum Gasteiger partial charge on any atom is 0.259 e. The molecule has 28 heavy (non-hydrogen) atoms. The van der Waals surface area contributed by atoms with Crippen molar-refractivity contribution in [2.24, 2.45) is 0 Å². The van der Waals surface area contributed by atoms with Gasteiger partial charge in [0.15, 0.2) is 0 Å². The summed E-state index contributed by atoms with van der Waals surface area (Å²) in [6, 6.07) is 9.57. The van der Waals surface area contributed by atoms with Gasteiger partial charge in [0, 0.05) is 48.8 Å². The Morgan fingerprint density at radius 3 is 2.82 bits per heavy atom. The molecule has 0 saturated carbocycles. The summed E-state index contributed by atoms with van der Waals surface area (Å²) in [4.78, 5) is 21.6. The van der Waals surface area contributed by atoms with Crippen LogP contribution in [0, 0.1) is 6.92 Å². The van der Waals surface area contributed by atoms with Crippen molar-refractivity contribution in [2.75, 3.05) is 42.6 Å². The van der Waals surface area contributed by atoms with E-state index in [2.05, 4.69) is 16.8 Å². The minimum Gasteiger partial charge on any atom is -0.473 e. The zero-order valence-corrected chi connectivity index (χ0v) is 17.5. The molecule has 4 rings (SSSR count). The molecule has 2 fully saturated rings. The molecule has 148 valence electrons. The van der Waals surface area contributed by atoms with Crippen LogP contribution in [0.1, 0.15) is 22.3 Å². The largest absolute Gasteiger partial charge is 0.473 e. The smallest absolute Gasteiger partial charge is 0.259 e. The fourth-order valence-electron chi connectivity index (χ4n) is 3.66. The van der Waals surface area contributed by atoms with Crippen LogP contribution in [0.15, 0.2) is 36.5 Å². The minimum atomic E-state index is -0.00350. The second kappa shape index (κ2) is 8.62. The topological polar surface area (TPSA) is 45.7 Å². The third-order valence-corrected chi connectivity index (χ3v) is 6.61. The maximum absolute atomic E-state index is 13.1. The monoisotopic (exact) mass is 417 g/mol. The van der Waals surface area contributed by atoms with Crippen LogP contribution in [0.2, 0.25) is 5.02 Å². The van der Waals surface area contributed by atoms with E-state index in [0.717, 1.165) is 41.7 Å². The molecule has 0 N–H and O–H groups in total. The van der Waals surface area contributed by atoms with E-state index in [0.29, 0.717) is 24.5 Å². The Labute approximate surface area is 175 Å². The molecule has 0 aliphatic carbocycles. The van der Waals surface area contributed by atoms with Gasteiger partial charge in [-0.3, -0.25) is 4.79 Å². The third kappa shape index (κ3) is 4.23. The molecule has 2 aliphatic heterocycles. The maximum atomic E-state index is 13.1. The molecule has 2 saturated heterocycles. The predicted octanol–water partition coefficient (Wildman–Crippen LogP) is 3.89. The molecule has 0 radical (unpaired) electrons. The molecule has 1 aromatic carbocycles. The molecule has 1 amide bonds. The van der Waals surface area contributed by atoms with Gasteiger partial charge < -0.3 is 14.5 Å². The van der Waals surface area contributed by atoms with Crippen LogP contribution in [0.4, 0.5) is 5.69 Å². The quantitative estimate of drug-likeness (QED) is 0.755. The van der Waals surface area contributed by atoms with Crippen molar-refractivity contribution in [3.05, 3.63) is 52.7 Å². The van der Waals surface area contributed by atoms with Gasteiger partial charge in [0.05, 0.1) is 0 Å². The van der Waals surface area contributed by atoms with E-state index in [1.165, 1.54) is 5.56 Å². The Balaban J connectivity index is 1.44. The molecule has 2 aliphatic rings. The van der Waals surface area contributed by atoms with E-state index in [4.69, 9.17) is 16.3 Å². The SMILES string of the molecule is Cc1ccc(Cl)cc1N1CCN(C(=O)c2cccnc2OC2CCSC2)CC1. The van der Waals surface area contributed by atoms with Crippen LogP contribution >= 0.6 is 23.4 Å². The lowest BCUT2D eigenvalue weighted by Crippen LogP contribution is -2.49. The van der Waals surface area contributed by atoms with Crippen LogP contribution in [0.25, 0.3) is 0 Å². The van der Waals surface area contributed by atoms with Crippen molar-refractivity contribution in [3.63, 3.8) is 0 Å². The van der Waals surface area contributed by atoms with Crippen LogP contribution in [0.5, 0.6) is 5.88 Å². The lowest BCUT2D eigenvalue weighted by atomic mass is 10.1. The number of nitrogens with zero attached hydrogens (tertiary/aromatic N) is 3. The third-order valence-electron chi connectivity index (χ3n) is 5.25. The number of benzene rings is 1. The second-order valence-corrected chi connectivity index (χ2v) is 8.76. The van der Waals surface area contributed by atoms with Crippen molar-refractivity contribution in [2.45, 2.75) is 19.4 Å². The Bertz CT molecular complexity index is 849. The molecular formula is C21H24ClN3O2S. The first-order valence-electron chi connectivity index (χ1n) is 9.61. The van der Waals surface area contributed by atoms with Crippen molar-refractivity contribution in [3.8, 4) is 5.88 Å². The molecule has 7 heteroatoms. The molecule has 1 aromatic heterocycles. The van der Waals surface area contributed by atoms with Gasteiger partial charge in [-0.25, -0.2) is 4.98 Å². The summed E-state index contributed by atoms with van der Waals surface area (Å²) in [6.45, 7) is 4.98. The molecular weight excluding hydrogens is 394 g/mol. The summed E-state index contributed by atoms with van der Waals surface area (Å²) in [5.41, 5.74) is 2.90. The standard InChI is InChI=1S/C21H24ClN3O2S/c1-15-4-5-16(22)13-19(15)24-8-10-25(11-9-24)21(26)18-3-2-7-23-20(18)27-17-6-12-28-14-17/h2-5,7,13,17H,6,8-12,14H2,1H3. The number of hydrogen-bond acceptors (Lipinski definition) is 5. The number of thioether (sulfide) groups is 1. The highest BCUT2D eigenvalue weighted by Gasteiger charge is 2.27. The number of aromatic nitrogens is 1. The first-order chi connectivity index (χ1) is 13.6. The number of carbonyl (C=O) groups is 1. The van der Waals surface area contributed by atoms with Gasteiger partial charge in [-0.15, -0.1) is 0 Å². The molecule has 1 atom stereocenters. The van der Waals surface area contributed by atoms with Gasteiger partial charge in [-0.1, -0.05) is 17.7 Å². The first-order valence-corrected chi connectivity index (χ1v) is 11.1. The van der Waals surface area contributed by atoms with E-state index in [-0.39, 0.29) is 12.0 Å². The van der Waals surface area contributed by atoms with E-state index in [9.17, 15) is 4.79 Å². The van der Waals surface area contributed by atoms with Gasteiger partial charge >= 0.3 is 0 Å². The fraction of sp³-hybridized carbons (Fsp3) is 0.429. The van der Waals surface area contributed by atoms with E-state index < -0.39 is 0 Å². The highest BCUT2D eigenvalue weighted by atomic mass is 35.5. The summed E-state index contributed by atoms with van der Waals surface area (Å²) in [7, 11) is 0. The number of piperazine rings is 1. The molecule has 5 nitrogen and oxygen atoms in total. The van der Waals surface area contributed by atoms with Gasteiger partial charge in [-0.2, -0.15) is 11.8 Å². The van der Waals surface area contributed by atoms with Crippen molar-refractivity contribution < 1.29 is 9.53 Å². The Morgan fingerprint density at radius 2 is 2.07 bits per heavy atom. The molecule has 3 heterocycles. The van der Waals surface area contributed by atoms with Crippen molar-refractivity contribution in [1.29, 1.82) is 0 Å². The van der Waals surface area contributed by atoms with Crippen LogP contribution in [-0.2, 0) is 0 Å². The van der Waals surface area contributed by atoms with Crippen molar-refractivity contribution in [1.82, 2.24) is 9.88 Å². The summed E-state index contributed by atoms with van der Waals surface area (Å²) in [5.74, 6) is 2.53. The number of halogens is 1. The van der Waals surface area contributed by atoms with E-state index >= 15 is 0 Å². The van der Waals surface area contributed by atoms with Crippen LogP contribution in [-0.4, -0.2) is 59.6 Å². The first kappa shape index (κ1) is 19.4. The minimum absolute atomic E-state index is 0.00350. The number of rotatable bonds is 4. The summed E-state index contributed by atoms with van der Waals surface area (Å²) >= 11 is 8.05. The normalized spacial score (nSPS) is 19.7. The number of ether oxygens (including phenoxy) is 1. The number of carbonyl (C=O) groups excluding carboxylic acids is 1. The van der Waals surface area contributed by atoms with Gasteiger partial charge in [-0.05, 0) is 48.9 Å². The average Bonchev–Trinajstić information content (AvgIpc) is 3.23. The predicted molar refractivity (Wildman–Crippen MR) is 115 cm³/mol. The van der Waals surface area contributed by atoms with E-state index in [1.54, 1.807) is 12.3 Å². The zero-order valence-electron chi connectivity index (χ0n) is 15.9. The number of aryl methyl sites for hydroxylation is 1. The lowest BCUT2D eigenvalue weighted by molar-refractivity contribution is 0.0738. The summed E-state index contributed by atoms with van der Waals surface area (Å²) < 4.78 is 6.03. The van der Waals surface area contributed by atoms with Gasteiger partial charge in [0.25, 0.3) is 5.91 Å². The number of anilines is 1. The van der Waals surface area contributed by atoms with Gasteiger partial charge in [0.2, 0.25) is 5.88 Å². The molecule has 0 spiro atoms. The Morgan fingerprint density at radius 1 is 1.25 bits per heavy atom. The molecule has 0 bridgehead atoms. The van der Waals surface area contributed by atoms with Crippen LogP contribution in [0.3, 0.4) is 0 Å². The van der Waals surface area contributed by atoms with E-state index in [1.807, 2.05) is 40.9 Å². The number of hydrogen-bond donors (Lipinski definition) is 0. The highest BCUT2D eigenvalue weighted by Crippen LogP contribution is 2.27. The Hall–Kier alpha value is -1.92. The molecule has 1 unspecified atom stereocenters. The lowest BCUT2D eigenvalue weighted by Gasteiger charge is -2.37. The summed E-state index contributed by atoms with van der Waals surface area (Å²) in [6.07, 6.45) is 2.84. The number of amides is 1. The average molecular weight is 418 g/mol. The molecule has 2 aromatic rings. The second-order valence-electron chi connectivity index (χ2n) is 7.17. The highest BCUT2D eigenvalue weighted by molar-refractivity contribution is 7.99.